The second-order valence-electron chi connectivity index (χ2n) is 4.69. The number of hydrogen-bond donors (Lipinski definition) is 2. The molecule has 0 radical (unpaired) electrons. The number of nitrogens with zero attached hydrogens (tertiary/aromatic N) is 1. The van der Waals surface area contributed by atoms with Crippen LogP contribution in [0.2, 0.25) is 0 Å². The van der Waals surface area contributed by atoms with Crippen LogP contribution in [0.3, 0.4) is 0 Å². The first-order valence-corrected chi connectivity index (χ1v) is 6.36. The molecule has 1 fully saturated rings. The van der Waals surface area contributed by atoms with Gasteiger partial charge in [0.25, 0.3) is 0 Å². The lowest BCUT2D eigenvalue weighted by molar-refractivity contribution is -0.274. The molecule has 7 heteroatoms. The molecule has 0 aliphatic heterocycles. The summed E-state index contributed by atoms with van der Waals surface area (Å²) in [6.07, 6.45) is -1.28. The molecule has 0 aromatic heterocycles. The molecule has 0 heterocycles. The first-order chi connectivity index (χ1) is 9.44. The van der Waals surface area contributed by atoms with Crippen LogP contribution >= 0.6 is 0 Å². The Bertz CT molecular complexity index is 484. The van der Waals surface area contributed by atoms with Crippen molar-refractivity contribution >= 4 is 11.6 Å². The van der Waals surface area contributed by atoms with Gasteiger partial charge in [0.1, 0.15) is 0 Å². The van der Waals surface area contributed by atoms with Gasteiger partial charge in [-0.2, -0.15) is 0 Å². The molecule has 110 valence electrons. The molecule has 1 aliphatic rings. The SMILES string of the molecule is NC(=NCC1CCC1)Nc1ccccc1OC(F)(F)F. The number of ether oxygens (including phenoxy) is 1. The van der Waals surface area contributed by atoms with Crippen LogP contribution in [0, 0.1) is 5.92 Å². The van der Waals surface area contributed by atoms with Crippen LogP contribution in [-0.2, 0) is 0 Å². The number of nitrogens with two attached hydrogens (primary N) is 1. The van der Waals surface area contributed by atoms with Gasteiger partial charge in [-0.15, -0.1) is 13.2 Å². The van der Waals surface area contributed by atoms with E-state index in [0.29, 0.717) is 12.5 Å². The molecule has 2 rings (SSSR count). The van der Waals surface area contributed by atoms with Crippen molar-refractivity contribution in [3.8, 4) is 5.75 Å². The van der Waals surface area contributed by atoms with E-state index >= 15 is 0 Å². The molecule has 0 bridgehead atoms. The zero-order chi connectivity index (χ0) is 14.6. The van der Waals surface area contributed by atoms with Gasteiger partial charge < -0.3 is 15.8 Å². The fourth-order valence-electron chi connectivity index (χ4n) is 1.86. The number of halogens is 3. The first kappa shape index (κ1) is 14.5. The molecule has 1 aliphatic carbocycles. The highest BCUT2D eigenvalue weighted by molar-refractivity contribution is 5.93. The van der Waals surface area contributed by atoms with Gasteiger partial charge in [0.15, 0.2) is 11.7 Å². The molecule has 20 heavy (non-hydrogen) atoms. The average molecular weight is 287 g/mol. The summed E-state index contributed by atoms with van der Waals surface area (Å²) in [5, 5.41) is 2.64. The van der Waals surface area contributed by atoms with Gasteiger partial charge in [-0.25, -0.2) is 0 Å². The normalized spacial score (nSPS) is 16.6. The molecule has 0 amide bonds. The van der Waals surface area contributed by atoms with Crippen LogP contribution < -0.4 is 15.8 Å². The van der Waals surface area contributed by atoms with Crippen LogP contribution in [0.15, 0.2) is 29.3 Å². The summed E-state index contributed by atoms with van der Waals surface area (Å²) in [6.45, 7) is 0.598. The highest BCUT2D eigenvalue weighted by atomic mass is 19.4. The van der Waals surface area contributed by atoms with E-state index in [2.05, 4.69) is 15.0 Å². The number of aliphatic imine (C=N–C) groups is 1. The molecular weight excluding hydrogens is 271 g/mol. The lowest BCUT2D eigenvalue weighted by Gasteiger charge is -2.23. The van der Waals surface area contributed by atoms with E-state index in [9.17, 15) is 13.2 Å². The third kappa shape index (κ3) is 4.32. The maximum Gasteiger partial charge on any atom is 0.573 e. The number of benzene rings is 1. The predicted octanol–water partition coefficient (Wildman–Crippen LogP) is 3.11. The predicted molar refractivity (Wildman–Crippen MR) is 70.6 cm³/mol. The monoisotopic (exact) mass is 287 g/mol. The lowest BCUT2D eigenvalue weighted by atomic mass is 9.86. The molecule has 0 spiro atoms. The van der Waals surface area contributed by atoms with Gasteiger partial charge >= 0.3 is 6.36 Å². The largest absolute Gasteiger partial charge is 0.573 e. The van der Waals surface area contributed by atoms with Gasteiger partial charge in [-0.3, -0.25) is 4.99 Å². The van der Waals surface area contributed by atoms with Crippen molar-refractivity contribution in [2.75, 3.05) is 11.9 Å². The van der Waals surface area contributed by atoms with Crippen molar-refractivity contribution < 1.29 is 17.9 Å². The fourth-order valence-corrected chi connectivity index (χ4v) is 1.86. The summed E-state index contributed by atoms with van der Waals surface area (Å²) < 4.78 is 40.7. The molecule has 1 aromatic rings. The number of rotatable bonds is 4. The van der Waals surface area contributed by atoms with E-state index in [4.69, 9.17) is 5.73 Å². The molecule has 4 nitrogen and oxygen atoms in total. The number of para-hydroxylation sites is 2. The fraction of sp³-hybridized carbons (Fsp3) is 0.462. The summed E-state index contributed by atoms with van der Waals surface area (Å²) in [5.74, 6) is 0.300. The van der Waals surface area contributed by atoms with Crippen LogP contribution in [-0.4, -0.2) is 18.9 Å². The maximum atomic E-state index is 12.3. The third-order valence-electron chi connectivity index (χ3n) is 3.12. The Morgan fingerprint density at radius 2 is 2.05 bits per heavy atom. The van der Waals surface area contributed by atoms with Gasteiger partial charge in [0.05, 0.1) is 5.69 Å². The Morgan fingerprint density at radius 1 is 1.35 bits per heavy atom. The summed E-state index contributed by atoms with van der Waals surface area (Å²) >= 11 is 0. The number of guanidine groups is 1. The van der Waals surface area contributed by atoms with Crippen LogP contribution in [0.4, 0.5) is 18.9 Å². The number of nitrogens with one attached hydrogen (secondary N) is 1. The Labute approximate surface area is 114 Å². The van der Waals surface area contributed by atoms with Crippen molar-refractivity contribution in [2.24, 2.45) is 16.6 Å². The summed E-state index contributed by atoms with van der Waals surface area (Å²) in [7, 11) is 0. The number of alkyl halides is 3. The Balaban J connectivity index is 2.00. The Hall–Kier alpha value is -1.92. The third-order valence-corrected chi connectivity index (χ3v) is 3.12. The zero-order valence-electron chi connectivity index (χ0n) is 10.8. The first-order valence-electron chi connectivity index (χ1n) is 6.36. The van der Waals surface area contributed by atoms with E-state index in [1.807, 2.05) is 0 Å². The van der Waals surface area contributed by atoms with Gasteiger partial charge in [0, 0.05) is 6.54 Å². The minimum absolute atomic E-state index is 0.0927. The molecular formula is C13H16F3N3O. The minimum Gasteiger partial charge on any atom is -0.404 e. The van der Waals surface area contributed by atoms with Crippen molar-refractivity contribution in [2.45, 2.75) is 25.6 Å². The minimum atomic E-state index is -4.74. The highest BCUT2D eigenvalue weighted by Crippen LogP contribution is 2.30. The Morgan fingerprint density at radius 3 is 2.65 bits per heavy atom. The number of anilines is 1. The summed E-state index contributed by atoms with van der Waals surface area (Å²) in [6, 6.07) is 5.71. The number of hydrogen-bond acceptors (Lipinski definition) is 2. The van der Waals surface area contributed by atoms with Crippen LogP contribution in [0.25, 0.3) is 0 Å². The summed E-state index contributed by atoms with van der Waals surface area (Å²) in [4.78, 5) is 4.13. The average Bonchev–Trinajstić information content (AvgIpc) is 2.28. The van der Waals surface area contributed by atoms with Gasteiger partial charge in [0.2, 0.25) is 0 Å². The van der Waals surface area contributed by atoms with Gasteiger partial charge in [-0.1, -0.05) is 18.6 Å². The van der Waals surface area contributed by atoms with E-state index in [1.54, 1.807) is 6.07 Å². The van der Waals surface area contributed by atoms with Gasteiger partial charge in [-0.05, 0) is 30.9 Å². The van der Waals surface area contributed by atoms with E-state index in [-0.39, 0.29) is 17.4 Å². The topological polar surface area (TPSA) is 59.6 Å². The van der Waals surface area contributed by atoms with E-state index < -0.39 is 6.36 Å². The van der Waals surface area contributed by atoms with Crippen molar-refractivity contribution in [3.05, 3.63) is 24.3 Å². The zero-order valence-corrected chi connectivity index (χ0v) is 10.8. The molecule has 3 N–H and O–H groups in total. The van der Waals surface area contributed by atoms with E-state index in [0.717, 1.165) is 12.8 Å². The van der Waals surface area contributed by atoms with Crippen LogP contribution in [0.1, 0.15) is 19.3 Å². The van der Waals surface area contributed by atoms with Crippen molar-refractivity contribution in [1.82, 2.24) is 0 Å². The maximum absolute atomic E-state index is 12.3. The smallest absolute Gasteiger partial charge is 0.404 e. The quantitative estimate of drug-likeness (QED) is 0.660. The molecule has 1 aromatic carbocycles. The Kier molecular flexibility index (Phi) is 4.36. The van der Waals surface area contributed by atoms with Crippen molar-refractivity contribution in [1.29, 1.82) is 0 Å². The lowest BCUT2D eigenvalue weighted by Crippen LogP contribution is -2.26. The molecule has 0 unspecified atom stereocenters. The molecule has 1 saturated carbocycles. The molecule has 0 atom stereocenters. The van der Waals surface area contributed by atoms with Crippen LogP contribution in [0.5, 0.6) is 5.75 Å². The second kappa shape index (κ2) is 6.02. The highest BCUT2D eigenvalue weighted by Gasteiger charge is 2.32. The standard InChI is InChI=1S/C13H16F3N3O/c14-13(15,16)20-11-7-2-1-6-10(11)19-12(17)18-8-9-4-3-5-9/h1-2,6-7,9H,3-5,8H2,(H3,17,18,19). The van der Waals surface area contributed by atoms with E-state index in [1.165, 1.54) is 24.6 Å². The second-order valence-corrected chi connectivity index (χ2v) is 4.69. The van der Waals surface area contributed by atoms with Crippen molar-refractivity contribution in [3.63, 3.8) is 0 Å². The summed E-state index contributed by atoms with van der Waals surface area (Å²) in [5.41, 5.74) is 5.81. The molecule has 0 saturated heterocycles.